The summed E-state index contributed by atoms with van der Waals surface area (Å²) in [6.45, 7) is 1.78. The highest BCUT2D eigenvalue weighted by molar-refractivity contribution is 7.81. The Bertz CT molecular complexity index is 507. The van der Waals surface area contributed by atoms with Crippen LogP contribution in [0.2, 0.25) is 0 Å². The minimum Gasteiger partial charge on any atom is -0.441 e. The predicted molar refractivity (Wildman–Crippen MR) is 61.2 cm³/mol. The molecule has 0 aliphatic heterocycles. The van der Waals surface area contributed by atoms with Crippen molar-refractivity contribution in [2.24, 2.45) is 0 Å². The lowest BCUT2D eigenvalue weighted by atomic mass is 10.3. The lowest BCUT2D eigenvalue weighted by molar-refractivity contribution is -0.113. The van der Waals surface area contributed by atoms with E-state index >= 15 is 0 Å². The second-order valence-electron chi connectivity index (χ2n) is 3.12. The predicted octanol–water partition coefficient (Wildman–Crippen LogP) is 2.00. The van der Waals surface area contributed by atoms with Crippen molar-refractivity contribution in [3.05, 3.63) is 24.1 Å². The van der Waals surface area contributed by atoms with E-state index in [-0.39, 0.29) is 11.7 Å². The zero-order chi connectivity index (χ0) is 10.8. The molecule has 0 bridgehead atoms. The van der Waals surface area contributed by atoms with E-state index in [2.05, 4.69) is 22.9 Å². The van der Waals surface area contributed by atoms with Gasteiger partial charge in [-0.05, 0) is 12.1 Å². The number of rotatable bonds is 2. The first-order chi connectivity index (χ1) is 7.19. The molecule has 0 fully saturated rings. The molecule has 15 heavy (non-hydrogen) atoms. The second-order valence-corrected chi connectivity index (χ2v) is 3.44. The first-order valence-electron chi connectivity index (χ1n) is 4.47. The molecule has 0 aliphatic carbocycles. The first-order valence-corrected chi connectivity index (χ1v) is 5.10. The van der Waals surface area contributed by atoms with Gasteiger partial charge in [0, 0.05) is 18.7 Å². The van der Waals surface area contributed by atoms with Crippen LogP contribution in [0.4, 0.5) is 5.69 Å². The number of carbonyl (C=O) groups excluding carboxylic acids is 1. The summed E-state index contributed by atoms with van der Waals surface area (Å²) in [7, 11) is 0. The van der Waals surface area contributed by atoms with Crippen LogP contribution in [-0.2, 0) is 4.79 Å². The average molecular weight is 222 g/mol. The molecule has 0 spiro atoms. The molecule has 78 valence electrons. The fourth-order valence-corrected chi connectivity index (χ4v) is 1.40. The van der Waals surface area contributed by atoms with E-state index < -0.39 is 0 Å². The van der Waals surface area contributed by atoms with Crippen molar-refractivity contribution in [1.29, 1.82) is 0 Å². The van der Waals surface area contributed by atoms with Gasteiger partial charge in [0.15, 0.2) is 11.5 Å². The summed E-state index contributed by atoms with van der Waals surface area (Å²) in [5, 5.41) is 2.69. The molecule has 0 saturated heterocycles. The molecule has 1 aromatic heterocycles. The van der Waals surface area contributed by atoms with Crippen molar-refractivity contribution in [2.75, 3.05) is 11.1 Å². The third-order valence-corrected chi connectivity index (χ3v) is 2.21. The van der Waals surface area contributed by atoms with Gasteiger partial charge in [-0.15, -0.1) is 0 Å². The van der Waals surface area contributed by atoms with Gasteiger partial charge in [-0.2, -0.15) is 12.6 Å². The van der Waals surface area contributed by atoms with Gasteiger partial charge in [0.1, 0.15) is 5.52 Å². The Morgan fingerprint density at radius 1 is 1.60 bits per heavy atom. The highest BCUT2D eigenvalue weighted by atomic mass is 32.1. The fourth-order valence-electron chi connectivity index (χ4n) is 1.32. The number of fused-ring (bicyclic) bond motifs is 1. The Labute approximate surface area is 92.1 Å². The van der Waals surface area contributed by atoms with Crippen LogP contribution in [0.25, 0.3) is 11.1 Å². The van der Waals surface area contributed by atoms with E-state index in [0.717, 1.165) is 5.52 Å². The second kappa shape index (κ2) is 3.94. The highest BCUT2D eigenvalue weighted by Gasteiger charge is 2.04. The smallest absolute Gasteiger partial charge is 0.234 e. The van der Waals surface area contributed by atoms with Crippen LogP contribution >= 0.6 is 12.6 Å². The normalized spacial score (nSPS) is 10.5. The molecule has 1 aromatic carbocycles. The molecular formula is C10H10N2O2S. The summed E-state index contributed by atoms with van der Waals surface area (Å²) in [5.74, 6) is 0.629. The summed E-state index contributed by atoms with van der Waals surface area (Å²) in [6, 6.07) is 5.34. The van der Waals surface area contributed by atoms with E-state index in [1.807, 2.05) is 0 Å². The number of hydrogen-bond acceptors (Lipinski definition) is 4. The third-order valence-electron chi connectivity index (χ3n) is 1.92. The van der Waals surface area contributed by atoms with Crippen molar-refractivity contribution in [3.8, 4) is 0 Å². The van der Waals surface area contributed by atoms with Gasteiger partial charge >= 0.3 is 0 Å². The molecular weight excluding hydrogens is 212 g/mol. The molecule has 1 heterocycles. The number of aryl methyl sites for hydroxylation is 1. The third kappa shape index (κ3) is 2.12. The quantitative estimate of drug-likeness (QED) is 0.764. The van der Waals surface area contributed by atoms with Crippen LogP contribution in [0.5, 0.6) is 0 Å². The SMILES string of the molecule is Cc1nc2ccc(NC(=O)CS)cc2o1. The summed E-state index contributed by atoms with van der Waals surface area (Å²) < 4.78 is 5.34. The monoisotopic (exact) mass is 222 g/mol. The van der Waals surface area contributed by atoms with Gasteiger partial charge in [-0.25, -0.2) is 4.98 Å². The summed E-state index contributed by atoms with van der Waals surface area (Å²) in [6.07, 6.45) is 0. The number of thiol groups is 1. The maximum atomic E-state index is 11.1. The van der Waals surface area contributed by atoms with Crippen LogP contribution in [0, 0.1) is 6.92 Å². The highest BCUT2D eigenvalue weighted by Crippen LogP contribution is 2.19. The molecule has 0 aliphatic rings. The Balaban J connectivity index is 2.33. The molecule has 1 N–H and O–H groups in total. The molecule has 0 atom stereocenters. The number of nitrogens with one attached hydrogen (secondary N) is 1. The number of hydrogen-bond donors (Lipinski definition) is 2. The van der Waals surface area contributed by atoms with Crippen molar-refractivity contribution in [1.82, 2.24) is 4.98 Å². The number of aromatic nitrogens is 1. The standard InChI is InChI=1S/C10H10N2O2S/c1-6-11-8-3-2-7(4-9(8)14-6)12-10(13)5-15/h2-4,15H,5H2,1H3,(H,12,13). The summed E-state index contributed by atoms with van der Waals surface area (Å²) >= 11 is 3.88. The van der Waals surface area contributed by atoms with E-state index in [1.165, 1.54) is 0 Å². The Morgan fingerprint density at radius 3 is 3.13 bits per heavy atom. The van der Waals surface area contributed by atoms with Crippen LogP contribution in [0.3, 0.4) is 0 Å². The largest absolute Gasteiger partial charge is 0.441 e. The van der Waals surface area contributed by atoms with Crippen LogP contribution < -0.4 is 5.32 Å². The van der Waals surface area contributed by atoms with Gasteiger partial charge in [0.25, 0.3) is 0 Å². The number of nitrogens with zero attached hydrogens (tertiary/aromatic N) is 1. The maximum absolute atomic E-state index is 11.1. The van der Waals surface area contributed by atoms with Gasteiger partial charge in [-0.3, -0.25) is 4.79 Å². The van der Waals surface area contributed by atoms with E-state index in [4.69, 9.17) is 4.42 Å². The van der Waals surface area contributed by atoms with Crippen molar-refractivity contribution >= 4 is 35.3 Å². The zero-order valence-electron chi connectivity index (χ0n) is 8.15. The summed E-state index contributed by atoms with van der Waals surface area (Å²) in [5.41, 5.74) is 2.15. The Morgan fingerprint density at radius 2 is 2.40 bits per heavy atom. The van der Waals surface area contributed by atoms with E-state index in [0.29, 0.717) is 17.2 Å². The Kier molecular flexibility index (Phi) is 2.64. The van der Waals surface area contributed by atoms with Gasteiger partial charge in [-0.1, -0.05) is 0 Å². The molecule has 1 amide bonds. The molecule has 2 rings (SSSR count). The van der Waals surface area contributed by atoms with Crippen LogP contribution in [0.1, 0.15) is 5.89 Å². The number of anilines is 1. The number of amides is 1. The summed E-state index contributed by atoms with van der Waals surface area (Å²) in [4.78, 5) is 15.2. The minimum absolute atomic E-state index is 0.145. The van der Waals surface area contributed by atoms with Crippen molar-refractivity contribution in [2.45, 2.75) is 6.92 Å². The lowest BCUT2D eigenvalue weighted by Crippen LogP contribution is -2.12. The molecule has 5 heteroatoms. The lowest BCUT2D eigenvalue weighted by Gasteiger charge is -2.01. The van der Waals surface area contributed by atoms with Gasteiger partial charge in [0.05, 0.1) is 5.75 Å². The van der Waals surface area contributed by atoms with E-state index in [1.54, 1.807) is 25.1 Å². The molecule has 4 nitrogen and oxygen atoms in total. The average Bonchev–Trinajstić information content (AvgIpc) is 2.57. The molecule has 0 radical (unpaired) electrons. The first kappa shape index (κ1) is 10.0. The van der Waals surface area contributed by atoms with Crippen LogP contribution in [0.15, 0.2) is 22.6 Å². The van der Waals surface area contributed by atoms with Crippen molar-refractivity contribution < 1.29 is 9.21 Å². The minimum atomic E-state index is -0.145. The van der Waals surface area contributed by atoms with Crippen LogP contribution in [-0.4, -0.2) is 16.6 Å². The molecule has 0 saturated carbocycles. The number of carbonyl (C=O) groups is 1. The fraction of sp³-hybridized carbons (Fsp3) is 0.200. The van der Waals surface area contributed by atoms with Gasteiger partial charge in [0.2, 0.25) is 5.91 Å². The topological polar surface area (TPSA) is 55.1 Å². The molecule has 0 unspecified atom stereocenters. The molecule has 2 aromatic rings. The van der Waals surface area contributed by atoms with E-state index in [9.17, 15) is 4.79 Å². The van der Waals surface area contributed by atoms with Crippen molar-refractivity contribution in [3.63, 3.8) is 0 Å². The maximum Gasteiger partial charge on any atom is 0.234 e. The number of benzene rings is 1. The zero-order valence-corrected chi connectivity index (χ0v) is 9.04. The number of oxazole rings is 1. The Hall–Kier alpha value is -1.49. The van der Waals surface area contributed by atoms with Gasteiger partial charge < -0.3 is 9.73 Å².